The molecule has 1 aliphatic heterocycles. The summed E-state index contributed by atoms with van der Waals surface area (Å²) < 4.78 is 5.91. The van der Waals surface area contributed by atoms with E-state index in [1.165, 1.54) is 5.56 Å². The molecule has 0 radical (unpaired) electrons. The molecule has 1 fully saturated rings. The van der Waals surface area contributed by atoms with Crippen LogP contribution in [-0.4, -0.2) is 53.4 Å². The lowest BCUT2D eigenvalue weighted by atomic mass is 10.1. The van der Waals surface area contributed by atoms with Gasteiger partial charge >= 0.3 is 0 Å². The maximum Gasteiger partial charge on any atom is 0.266 e. The Morgan fingerprint density at radius 3 is 2.17 bits per heavy atom. The van der Waals surface area contributed by atoms with Gasteiger partial charge in [0.2, 0.25) is 5.91 Å². The normalized spacial score (nSPS) is 14.5. The minimum Gasteiger partial charge on any atom is -0.478 e. The summed E-state index contributed by atoms with van der Waals surface area (Å²) in [6.07, 6.45) is 2.28. The van der Waals surface area contributed by atoms with Gasteiger partial charge in [-0.3, -0.25) is 9.59 Å². The Labute approximate surface area is 183 Å². The van der Waals surface area contributed by atoms with Crippen LogP contribution in [0.4, 0.5) is 0 Å². The zero-order chi connectivity index (χ0) is 21.6. The quantitative estimate of drug-likeness (QED) is 0.664. The van der Waals surface area contributed by atoms with E-state index >= 15 is 0 Å². The lowest BCUT2D eigenvalue weighted by Gasteiger charge is -2.38. The Kier molecular flexibility index (Phi) is 7.38. The molecule has 0 aromatic heterocycles. The predicted octanol–water partition coefficient (Wildman–Crippen LogP) is 4.19. The van der Waals surface area contributed by atoms with Crippen molar-refractivity contribution in [2.75, 3.05) is 26.2 Å². The first-order chi connectivity index (χ1) is 14.3. The van der Waals surface area contributed by atoms with E-state index in [1.807, 2.05) is 23.1 Å². The van der Waals surface area contributed by atoms with Gasteiger partial charge in [-0.2, -0.15) is 0 Å². The fourth-order valence-electron chi connectivity index (χ4n) is 3.63. The van der Waals surface area contributed by atoms with Crippen LogP contribution in [0.1, 0.15) is 32.3 Å². The van der Waals surface area contributed by atoms with Crippen molar-refractivity contribution in [3.8, 4) is 5.75 Å². The second kappa shape index (κ2) is 9.98. The molecule has 1 heterocycles. The molecule has 2 aromatic rings. The molecule has 0 bridgehead atoms. The maximum absolute atomic E-state index is 13.0. The molecule has 0 saturated carbocycles. The second-order valence-electron chi connectivity index (χ2n) is 8.08. The monoisotopic (exact) mass is 428 g/mol. The third-order valence-electron chi connectivity index (χ3n) is 5.32. The van der Waals surface area contributed by atoms with Gasteiger partial charge < -0.3 is 14.5 Å². The Morgan fingerprint density at radius 2 is 1.53 bits per heavy atom. The van der Waals surface area contributed by atoms with Gasteiger partial charge in [0.25, 0.3) is 5.91 Å². The van der Waals surface area contributed by atoms with E-state index in [9.17, 15) is 9.59 Å². The van der Waals surface area contributed by atoms with Crippen LogP contribution in [-0.2, 0) is 16.0 Å². The van der Waals surface area contributed by atoms with Crippen LogP contribution in [0.2, 0.25) is 5.02 Å². The van der Waals surface area contributed by atoms with Crippen LogP contribution >= 0.6 is 11.6 Å². The molecular formula is C24H29ClN2O3. The largest absolute Gasteiger partial charge is 0.478 e. The third kappa shape index (κ3) is 5.99. The number of benzene rings is 2. The standard InChI is InChI=1S/C24H29ClN2O3/c1-24(2,30-21-13-11-20(25)12-14-21)23(29)27-17-15-26(16-18-27)22(28)10-6-9-19-7-4-3-5-8-19/h3-5,7-8,11-14H,6,9-10,15-18H2,1-2H3. The summed E-state index contributed by atoms with van der Waals surface area (Å²) in [7, 11) is 0. The van der Waals surface area contributed by atoms with Gasteiger partial charge in [0.1, 0.15) is 5.75 Å². The van der Waals surface area contributed by atoms with Crippen molar-refractivity contribution in [1.29, 1.82) is 0 Å². The highest BCUT2D eigenvalue weighted by atomic mass is 35.5. The highest BCUT2D eigenvalue weighted by molar-refractivity contribution is 6.30. The number of hydrogen-bond donors (Lipinski definition) is 0. The fourth-order valence-corrected chi connectivity index (χ4v) is 3.75. The molecule has 0 atom stereocenters. The van der Waals surface area contributed by atoms with Gasteiger partial charge in [-0.05, 0) is 56.5 Å². The predicted molar refractivity (Wildman–Crippen MR) is 119 cm³/mol. The average molecular weight is 429 g/mol. The van der Waals surface area contributed by atoms with Gasteiger partial charge in [-0.1, -0.05) is 41.9 Å². The highest BCUT2D eigenvalue weighted by Gasteiger charge is 2.36. The van der Waals surface area contributed by atoms with E-state index in [0.717, 1.165) is 12.8 Å². The summed E-state index contributed by atoms with van der Waals surface area (Å²) in [6, 6.07) is 17.2. The molecule has 1 aliphatic rings. The average Bonchev–Trinajstić information content (AvgIpc) is 2.75. The molecule has 0 unspecified atom stereocenters. The summed E-state index contributed by atoms with van der Waals surface area (Å²) in [5, 5.41) is 0.621. The summed E-state index contributed by atoms with van der Waals surface area (Å²) in [5.74, 6) is 0.688. The van der Waals surface area contributed by atoms with Crippen molar-refractivity contribution in [2.24, 2.45) is 0 Å². The molecule has 2 amide bonds. The molecule has 3 rings (SSSR count). The van der Waals surface area contributed by atoms with E-state index in [0.29, 0.717) is 43.4 Å². The molecule has 30 heavy (non-hydrogen) atoms. The fraction of sp³-hybridized carbons (Fsp3) is 0.417. The number of carbonyl (C=O) groups is 2. The summed E-state index contributed by atoms with van der Waals surface area (Å²) in [5.41, 5.74) is 0.263. The van der Waals surface area contributed by atoms with Crippen LogP contribution in [0.15, 0.2) is 54.6 Å². The van der Waals surface area contributed by atoms with E-state index in [-0.39, 0.29) is 11.8 Å². The van der Waals surface area contributed by atoms with Crippen LogP contribution < -0.4 is 4.74 Å². The van der Waals surface area contributed by atoms with E-state index in [2.05, 4.69) is 12.1 Å². The van der Waals surface area contributed by atoms with Crippen molar-refractivity contribution in [3.63, 3.8) is 0 Å². The topological polar surface area (TPSA) is 49.9 Å². The third-order valence-corrected chi connectivity index (χ3v) is 5.57. The van der Waals surface area contributed by atoms with Gasteiger partial charge in [-0.25, -0.2) is 0 Å². The number of carbonyl (C=O) groups excluding carboxylic acids is 2. The van der Waals surface area contributed by atoms with Gasteiger partial charge in [0, 0.05) is 37.6 Å². The molecule has 0 N–H and O–H groups in total. The second-order valence-corrected chi connectivity index (χ2v) is 8.51. The number of ether oxygens (including phenoxy) is 1. The number of piperazine rings is 1. The van der Waals surface area contributed by atoms with Crippen molar-refractivity contribution in [1.82, 2.24) is 9.80 Å². The minimum atomic E-state index is -0.990. The molecule has 2 aromatic carbocycles. The van der Waals surface area contributed by atoms with Crippen molar-refractivity contribution >= 4 is 23.4 Å². The first-order valence-electron chi connectivity index (χ1n) is 10.4. The van der Waals surface area contributed by atoms with Crippen molar-refractivity contribution in [3.05, 3.63) is 65.2 Å². The van der Waals surface area contributed by atoms with Gasteiger partial charge in [-0.15, -0.1) is 0 Å². The van der Waals surface area contributed by atoms with E-state index < -0.39 is 5.60 Å². The SMILES string of the molecule is CC(C)(Oc1ccc(Cl)cc1)C(=O)N1CCN(C(=O)CCCc2ccccc2)CC1. The number of hydrogen-bond acceptors (Lipinski definition) is 3. The van der Waals surface area contributed by atoms with E-state index in [1.54, 1.807) is 43.0 Å². The Hall–Kier alpha value is -2.53. The minimum absolute atomic E-state index is 0.0753. The first kappa shape index (κ1) is 22.2. The van der Waals surface area contributed by atoms with Crippen LogP contribution in [0.5, 0.6) is 5.75 Å². The van der Waals surface area contributed by atoms with E-state index in [4.69, 9.17) is 16.3 Å². The number of aryl methyl sites for hydroxylation is 1. The van der Waals surface area contributed by atoms with Crippen molar-refractivity contribution in [2.45, 2.75) is 38.7 Å². The Balaban J connectivity index is 1.45. The molecule has 6 heteroatoms. The van der Waals surface area contributed by atoms with Gasteiger partial charge in [0.15, 0.2) is 5.60 Å². The van der Waals surface area contributed by atoms with Crippen molar-refractivity contribution < 1.29 is 14.3 Å². The smallest absolute Gasteiger partial charge is 0.266 e. The van der Waals surface area contributed by atoms with Crippen LogP contribution in [0.25, 0.3) is 0 Å². The van der Waals surface area contributed by atoms with Crippen LogP contribution in [0, 0.1) is 0 Å². The summed E-state index contributed by atoms with van der Waals surface area (Å²) >= 11 is 5.91. The number of halogens is 1. The van der Waals surface area contributed by atoms with Gasteiger partial charge in [0.05, 0.1) is 0 Å². The molecule has 1 saturated heterocycles. The maximum atomic E-state index is 13.0. The molecule has 0 aliphatic carbocycles. The zero-order valence-electron chi connectivity index (χ0n) is 17.6. The summed E-state index contributed by atoms with van der Waals surface area (Å²) in [4.78, 5) is 29.1. The molecule has 5 nitrogen and oxygen atoms in total. The summed E-state index contributed by atoms with van der Waals surface area (Å²) in [6.45, 7) is 5.71. The lowest BCUT2D eigenvalue weighted by Crippen LogP contribution is -2.56. The molecule has 0 spiro atoms. The Morgan fingerprint density at radius 1 is 0.933 bits per heavy atom. The number of amides is 2. The number of rotatable bonds is 7. The Bertz CT molecular complexity index is 845. The molecular weight excluding hydrogens is 400 g/mol. The lowest BCUT2D eigenvalue weighted by molar-refractivity contribution is -0.149. The van der Waals surface area contributed by atoms with Crippen LogP contribution in [0.3, 0.4) is 0 Å². The first-order valence-corrected chi connectivity index (χ1v) is 10.8. The highest BCUT2D eigenvalue weighted by Crippen LogP contribution is 2.23. The zero-order valence-corrected chi connectivity index (χ0v) is 18.4. The molecule has 160 valence electrons. The number of nitrogens with zero attached hydrogens (tertiary/aromatic N) is 2.